The van der Waals surface area contributed by atoms with Gasteiger partial charge in [0.25, 0.3) is 0 Å². The van der Waals surface area contributed by atoms with Crippen molar-refractivity contribution < 1.29 is 14.3 Å². The maximum absolute atomic E-state index is 10.5. The monoisotopic (exact) mass is 206 g/mol. The van der Waals surface area contributed by atoms with Crippen LogP contribution in [0, 0.1) is 6.92 Å². The molecule has 0 N–H and O–H groups in total. The van der Waals surface area contributed by atoms with Crippen LogP contribution in [-0.2, 0) is 4.79 Å². The van der Waals surface area contributed by atoms with Crippen molar-refractivity contribution in [2.24, 2.45) is 0 Å². The Hall–Kier alpha value is -1.51. The molecule has 1 aromatic carbocycles. The van der Waals surface area contributed by atoms with Crippen molar-refractivity contribution in [1.82, 2.24) is 0 Å². The minimum atomic E-state index is 0.179. The van der Waals surface area contributed by atoms with Gasteiger partial charge in [0.05, 0.1) is 0 Å². The molecule has 2 rings (SSSR count). The Labute approximate surface area is 89.0 Å². The fourth-order valence-corrected chi connectivity index (χ4v) is 1.81. The van der Waals surface area contributed by atoms with Gasteiger partial charge in [-0.2, -0.15) is 0 Å². The summed E-state index contributed by atoms with van der Waals surface area (Å²) in [5, 5.41) is 0. The number of benzene rings is 1. The summed E-state index contributed by atoms with van der Waals surface area (Å²) in [6.07, 6.45) is 1.45. The Morgan fingerprint density at radius 1 is 1.40 bits per heavy atom. The van der Waals surface area contributed by atoms with Crippen LogP contribution in [0.15, 0.2) is 12.1 Å². The zero-order chi connectivity index (χ0) is 10.8. The Morgan fingerprint density at radius 3 is 2.87 bits per heavy atom. The molecule has 0 saturated heterocycles. The van der Waals surface area contributed by atoms with Crippen LogP contribution in [0.5, 0.6) is 11.5 Å². The molecule has 15 heavy (non-hydrogen) atoms. The van der Waals surface area contributed by atoms with E-state index in [4.69, 9.17) is 9.47 Å². The highest BCUT2D eigenvalue weighted by Crippen LogP contribution is 2.42. The third kappa shape index (κ3) is 1.69. The molecule has 1 aliphatic rings. The van der Waals surface area contributed by atoms with Gasteiger partial charge in [-0.3, -0.25) is 0 Å². The topological polar surface area (TPSA) is 35.5 Å². The van der Waals surface area contributed by atoms with Gasteiger partial charge in [-0.15, -0.1) is 0 Å². The lowest BCUT2D eigenvalue weighted by Gasteiger charge is -2.12. The van der Waals surface area contributed by atoms with Gasteiger partial charge in [-0.25, -0.2) is 0 Å². The van der Waals surface area contributed by atoms with E-state index in [0.29, 0.717) is 6.42 Å². The predicted molar refractivity (Wildman–Crippen MR) is 56.4 cm³/mol. The molecule has 0 saturated carbocycles. The molecular weight excluding hydrogens is 192 g/mol. The number of hydrogen-bond acceptors (Lipinski definition) is 3. The van der Waals surface area contributed by atoms with Crippen LogP contribution in [0.3, 0.4) is 0 Å². The van der Waals surface area contributed by atoms with E-state index in [2.05, 4.69) is 0 Å². The van der Waals surface area contributed by atoms with Crippen molar-refractivity contribution in [3.8, 4) is 11.5 Å². The van der Waals surface area contributed by atoms with Crippen molar-refractivity contribution in [2.75, 3.05) is 6.79 Å². The summed E-state index contributed by atoms with van der Waals surface area (Å²) >= 11 is 0. The first kappa shape index (κ1) is 10.0. The molecule has 80 valence electrons. The van der Waals surface area contributed by atoms with E-state index in [0.717, 1.165) is 28.9 Å². The average molecular weight is 206 g/mol. The first-order valence-corrected chi connectivity index (χ1v) is 5.06. The normalized spacial score (nSPS) is 15.1. The summed E-state index contributed by atoms with van der Waals surface area (Å²) in [5.41, 5.74) is 2.13. The number of fused-ring (bicyclic) bond motifs is 1. The fraction of sp³-hybridized carbons (Fsp3) is 0.417. The van der Waals surface area contributed by atoms with Crippen LogP contribution in [0.1, 0.15) is 30.4 Å². The summed E-state index contributed by atoms with van der Waals surface area (Å²) in [4.78, 5) is 10.5. The molecule has 0 bridgehead atoms. The lowest BCUT2D eigenvalue weighted by Crippen LogP contribution is -1.98. The second-order valence-electron chi connectivity index (χ2n) is 3.84. The van der Waals surface area contributed by atoms with E-state index in [-0.39, 0.29) is 12.7 Å². The van der Waals surface area contributed by atoms with Crippen molar-refractivity contribution in [2.45, 2.75) is 26.2 Å². The molecule has 1 aromatic rings. The maximum Gasteiger partial charge on any atom is 0.231 e. The molecule has 0 amide bonds. The molecule has 1 heterocycles. The molecule has 0 aliphatic carbocycles. The predicted octanol–water partition coefficient (Wildman–Crippen LogP) is 2.42. The second-order valence-corrected chi connectivity index (χ2v) is 3.84. The third-order valence-electron chi connectivity index (χ3n) is 2.73. The molecule has 0 aromatic heterocycles. The smallest absolute Gasteiger partial charge is 0.231 e. The summed E-state index contributed by atoms with van der Waals surface area (Å²) < 4.78 is 10.8. The first-order valence-electron chi connectivity index (χ1n) is 5.06. The zero-order valence-corrected chi connectivity index (χ0v) is 8.95. The Morgan fingerprint density at radius 2 is 2.13 bits per heavy atom. The van der Waals surface area contributed by atoms with Crippen LogP contribution in [0.2, 0.25) is 0 Å². The van der Waals surface area contributed by atoms with Gasteiger partial charge in [0.15, 0.2) is 11.5 Å². The van der Waals surface area contributed by atoms with E-state index in [1.54, 1.807) is 0 Å². The molecule has 1 aliphatic heterocycles. The number of aryl methyl sites for hydroxylation is 1. The molecule has 1 unspecified atom stereocenters. The van der Waals surface area contributed by atoms with E-state index in [1.807, 2.05) is 26.0 Å². The summed E-state index contributed by atoms with van der Waals surface area (Å²) in [6, 6.07) is 4.02. The van der Waals surface area contributed by atoms with Gasteiger partial charge in [0.1, 0.15) is 6.29 Å². The maximum atomic E-state index is 10.5. The fourth-order valence-electron chi connectivity index (χ4n) is 1.81. The van der Waals surface area contributed by atoms with Gasteiger partial charge in [-0.1, -0.05) is 19.1 Å². The molecular formula is C12H14O3. The van der Waals surface area contributed by atoms with Gasteiger partial charge in [0, 0.05) is 12.0 Å². The van der Waals surface area contributed by atoms with E-state index in [1.165, 1.54) is 0 Å². The Kier molecular flexibility index (Phi) is 2.62. The van der Waals surface area contributed by atoms with E-state index in [9.17, 15) is 4.79 Å². The number of carbonyl (C=O) groups excluding carboxylic acids is 1. The highest BCUT2D eigenvalue weighted by Gasteiger charge is 2.22. The van der Waals surface area contributed by atoms with Crippen molar-refractivity contribution in [3.63, 3.8) is 0 Å². The summed E-state index contributed by atoms with van der Waals surface area (Å²) in [7, 11) is 0. The highest BCUT2D eigenvalue weighted by atomic mass is 16.7. The highest BCUT2D eigenvalue weighted by molar-refractivity contribution is 5.57. The van der Waals surface area contributed by atoms with Crippen LogP contribution in [0.25, 0.3) is 0 Å². The number of hydrogen-bond donors (Lipinski definition) is 0. The number of aldehydes is 1. The zero-order valence-electron chi connectivity index (χ0n) is 8.95. The van der Waals surface area contributed by atoms with Gasteiger partial charge < -0.3 is 14.3 Å². The molecule has 1 atom stereocenters. The number of carbonyl (C=O) groups is 1. The lowest BCUT2D eigenvalue weighted by atomic mass is 9.96. The SMILES string of the molecule is Cc1ccc(C(C)CC=O)c2c1OCO2. The lowest BCUT2D eigenvalue weighted by molar-refractivity contribution is -0.108. The van der Waals surface area contributed by atoms with Crippen LogP contribution < -0.4 is 9.47 Å². The summed E-state index contributed by atoms with van der Waals surface area (Å²) in [6.45, 7) is 4.28. The Balaban J connectivity index is 2.41. The van der Waals surface area contributed by atoms with Crippen molar-refractivity contribution >= 4 is 6.29 Å². The third-order valence-corrected chi connectivity index (χ3v) is 2.73. The van der Waals surface area contributed by atoms with Gasteiger partial charge >= 0.3 is 0 Å². The minimum Gasteiger partial charge on any atom is -0.453 e. The Bertz CT molecular complexity index is 385. The number of rotatable bonds is 3. The standard InChI is InChI=1S/C12H14O3/c1-8(5-6-13)10-4-3-9(2)11-12(10)15-7-14-11/h3-4,6,8H,5,7H2,1-2H3. The van der Waals surface area contributed by atoms with Gasteiger partial charge in [-0.05, 0) is 18.4 Å². The second kappa shape index (κ2) is 3.93. The quantitative estimate of drug-likeness (QED) is 0.712. The minimum absolute atomic E-state index is 0.179. The largest absolute Gasteiger partial charge is 0.453 e. The van der Waals surface area contributed by atoms with Crippen LogP contribution in [0.4, 0.5) is 0 Å². The molecule has 0 fully saturated rings. The average Bonchev–Trinajstić information content (AvgIpc) is 2.68. The molecule has 3 nitrogen and oxygen atoms in total. The van der Waals surface area contributed by atoms with E-state index >= 15 is 0 Å². The van der Waals surface area contributed by atoms with Crippen LogP contribution in [-0.4, -0.2) is 13.1 Å². The number of ether oxygens (including phenoxy) is 2. The van der Waals surface area contributed by atoms with Gasteiger partial charge in [0.2, 0.25) is 6.79 Å². The van der Waals surface area contributed by atoms with E-state index < -0.39 is 0 Å². The molecule has 0 radical (unpaired) electrons. The molecule has 3 heteroatoms. The van der Waals surface area contributed by atoms with Crippen molar-refractivity contribution in [1.29, 1.82) is 0 Å². The summed E-state index contributed by atoms with van der Waals surface area (Å²) in [5.74, 6) is 1.81. The first-order chi connectivity index (χ1) is 7.24. The molecule has 0 spiro atoms. The van der Waals surface area contributed by atoms with Crippen LogP contribution >= 0.6 is 0 Å². The van der Waals surface area contributed by atoms with Crippen molar-refractivity contribution in [3.05, 3.63) is 23.3 Å².